The molecule has 3 aromatic rings. The number of aromatic nitrogens is 1. The lowest BCUT2D eigenvalue weighted by atomic mass is 10.2. The molecule has 112 valence electrons. The third kappa shape index (κ3) is 3.55. The zero-order valence-electron chi connectivity index (χ0n) is 11.9. The second kappa shape index (κ2) is 6.34. The van der Waals surface area contributed by atoms with Crippen LogP contribution in [0.15, 0.2) is 42.5 Å². The van der Waals surface area contributed by atoms with E-state index in [4.69, 9.17) is 11.6 Å². The van der Waals surface area contributed by atoms with Crippen LogP contribution in [0.1, 0.15) is 5.56 Å². The predicted octanol–water partition coefficient (Wildman–Crippen LogP) is 4.31. The molecule has 0 saturated heterocycles. The Labute approximate surface area is 137 Å². The quantitative estimate of drug-likeness (QED) is 0.749. The van der Waals surface area contributed by atoms with Crippen LogP contribution >= 0.6 is 22.9 Å². The van der Waals surface area contributed by atoms with Crippen LogP contribution in [0, 0.1) is 6.92 Å². The molecule has 0 unspecified atom stereocenters. The number of amides is 1. The predicted molar refractivity (Wildman–Crippen MR) is 92.9 cm³/mol. The number of nitrogens with zero attached hydrogens (tertiary/aromatic N) is 1. The number of carbonyl (C=O) groups is 1. The minimum absolute atomic E-state index is 0.110. The van der Waals surface area contributed by atoms with Crippen molar-refractivity contribution in [2.45, 2.75) is 6.92 Å². The van der Waals surface area contributed by atoms with Gasteiger partial charge in [-0.3, -0.25) is 4.79 Å². The summed E-state index contributed by atoms with van der Waals surface area (Å²) in [6.07, 6.45) is 0. The third-order valence-corrected chi connectivity index (χ3v) is 4.31. The van der Waals surface area contributed by atoms with E-state index >= 15 is 0 Å². The Kier molecular flexibility index (Phi) is 4.27. The molecule has 6 heteroatoms. The highest BCUT2D eigenvalue weighted by atomic mass is 35.5. The van der Waals surface area contributed by atoms with Gasteiger partial charge >= 0.3 is 0 Å². The lowest BCUT2D eigenvalue weighted by Gasteiger charge is -2.05. The Morgan fingerprint density at radius 1 is 1.23 bits per heavy atom. The molecule has 0 saturated carbocycles. The van der Waals surface area contributed by atoms with Gasteiger partial charge in [0.05, 0.1) is 16.8 Å². The maximum Gasteiger partial charge on any atom is 0.243 e. The third-order valence-electron chi connectivity index (χ3n) is 3.09. The summed E-state index contributed by atoms with van der Waals surface area (Å²) in [7, 11) is 0. The monoisotopic (exact) mass is 331 g/mol. The lowest BCUT2D eigenvalue weighted by Crippen LogP contribution is -2.21. The molecule has 0 atom stereocenters. The maximum atomic E-state index is 11.9. The molecular formula is C16H14ClN3OS. The molecule has 0 fully saturated rings. The number of hydrogen-bond donors (Lipinski definition) is 2. The van der Waals surface area contributed by atoms with Gasteiger partial charge in [0.1, 0.15) is 0 Å². The Morgan fingerprint density at radius 3 is 2.77 bits per heavy atom. The van der Waals surface area contributed by atoms with Crippen LogP contribution in [0.25, 0.3) is 10.2 Å². The Hall–Kier alpha value is -2.11. The average Bonchev–Trinajstić information content (AvgIpc) is 2.89. The van der Waals surface area contributed by atoms with Crippen LogP contribution in [-0.4, -0.2) is 17.4 Å². The van der Waals surface area contributed by atoms with Crippen LogP contribution in [0.5, 0.6) is 0 Å². The fraction of sp³-hybridized carbons (Fsp3) is 0.125. The molecule has 0 aliphatic rings. The first-order valence-electron chi connectivity index (χ1n) is 6.77. The van der Waals surface area contributed by atoms with E-state index in [1.807, 2.05) is 49.4 Å². The molecule has 0 aliphatic heterocycles. The van der Waals surface area contributed by atoms with Crippen molar-refractivity contribution in [2.24, 2.45) is 0 Å². The topological polar surface area (TPSA) is 54.0 Å². The SMILES string of the molecule is Cc1ccc(NC(=O)CNc2nc3cc(Cl)ccc3s2)cc1. The van der Waals surface area contributed by atoms with Crippen LogP contribution in [0.3, 0.4) is 0 Å². The number of benzene rings is 2. The van der Waals surface area contributed by atoms with E-state index in [1.165, 1.54) is 11.3 Å². The molecule has 1 amide bonds. The first kappa shape index (κ1) is 14.8. The largest absolute Gasteiger partial charge is 0.352 e. The van der Waals surface area contributed by atoms with Crippen molar-refractivity contribution in [3.8, 4) is 0 Å². The first-order valence-corrected chi connectivity index (χ1v) is 7.96. The van der Waals surface area contributed by atoms with E-state index in [-0.39, 0.29) is 12.5 Å². The molecule has 0 radical (unpaired) electrons. The molecule has 4 nitrogen and oxygen atoms in total. The molecule has 3 rings (SSSR count). The van der Waals surface area contributed by atoms with Gasteiger partial charge < -0.3 is 10.6 Å². The summed E-state index contributed by atoms with van der Waals surface area (Å²) in [5, 5.41) is 7.23. The van der Waals surface area contributed by atoms with E-state index in [0.29, 0.717) is 10.2 Å². The summed E-state index contributed by atoms with van der Waals surface area (Å²) in [6.45, 7) is 2.17. The Bertz CT molecular complexity index is 814. The van der Waals surface area contributed by atoms with Gasteiger partial charge in [0.15, 0.2) is 5.13 Å². The molecule has 2 N–H and O–H groups in total. The lowest BCUT2D eigenvalue weighted by molar-refractivity contribution is -0.114. The van der Waals surface area contributed by atoms with Gasteiger partial charge in [-0.15, -0.1) is 0 Å². The maximum absolute atomic E-state index is 11.9. The van der Waals surface area contributed by atoms with E-state index in [1.54, 1.807) is 0 Å². The second-order valence-electron chi connectivity index (χ2n) is 4.90. The van der Waals surface area contributed by atoms with Gasteiger partial charge in [-0.1, -0.05) is 40.6 Å². The number of hydrogen-bond acceptors (Lipinski definition) is 4. The van der Waals surface area contributed by atoms with Gasteiger partial charge in [-0.2, -0.15) is 0 Å². The van der Waals surface area contributed by atoms with Gasteiger partial charge in [0.25, 0.3) is 0 Å². The summed E-state index contributed by atoms with van der Waals surface area (Å²) in [6, 6.07) is 13.2. The van der Waals surface area contributed by atoms with Crippen molar-refractivity contribution in [1.82, 2.24) is 4.98 Å². The summed E-state index contributed by atoms with van der Waals surface area (Å²) in [5.41, 5.74) is 2.77. The minimum Gasteiger partial charge on any atom is -0.352 e. The van der Waals surface area contributed by atoms with E-state index in [9.17, 15) is 4.79 Å². The number of aryl methyl sites for hydroxylation is 1. The Morgan fingerprint density at radius 2 is 2.00 bits per heavy atom. The van der Waals surface area contributed by atoms with Crippen molar-refractivity contribution in [1.29, 1.82) is 0 Å². The number of halogens is 1. The van der Waals surface area contributed by atoms with Crippen LogP contribution in [0.4, 0.5) is 10.8 Å². The Balaban J connectivity index is 1.61. The smallest absolute Gasteiger partial charge is 0.243 e. The van der Waals surface area contributed by atoms with Gasteiger partial charge in [0.2, 0.25) is 5.91 Å². The van der Waals surface area contributed by atoms with E-state index in [0.717, 1.165) is 21.5 Å². The molecule has 22 heavy (non-hydrogen) atoms. The van der Waals surface area contributed by atoms with Crippen molar-refractivity contribution in [3.63, 3.8) is 0 Å². The summed E-state index contributed by atoms with van der Waals surface area (Å²) < 4.78 is 1.03. The zero-order valence-corrected chi connectivity index (χ0v) is 13.5. The van der Waals surface area contributed by atoms with Crippen LogP contribution in [0.2, 0.25) is 5.02 Å². The van der Waals surface area contributed by atoms with Crippen LogP contribution in [-0.2, 0) is 4.79 Å². The number of fused-ring (bicyclic) bond motifs is 1. The summed E-state index contributed by atoms with van der Waals surface area (Å²) >= 11 is 7.43. The zero-order chi connectivity index (χ0) is 15.5. The van der Waals surface area contributed by atoms with Crippen molar-refractivity contribution < 1.29 is 4.79 Å². The molecule has 1 aromatic heterocycles. The van der Waals surface area contributed by atoms with Crippen molar-refractivity contribution in [3.05, 3.63) is 53.1 Å². The molecule has 0 aliphatic carbocycles. The van der Waals surface area contributed by atoms with Gasteiger partial charge in [0, 0.05) is 10.7 Å². The first-order chi connectivity index (χ1) is 10.6. The average molecular weight is 332 g/mol. The van der Waals surface area contributed by atoms with Gasteiger partial charge in [-0.25, -0.2) is 4.98 Å². The van der Waals surface area contributed by atoms with Gasteiger partial charge in [-0.05, 0) is 37.3 Å². The number of carbonyl (C=O) groups excluding carboxylic acids is 1. The highest BCUT2D eigenvalue weighted by Gasteiger charge is 2.07. The van der Waals surface area contributed by atoms with E-state index < -0.39 is 0 Å². The number of nitrogens with one attached hydrogen (secondary N) is 2. The number of anilines is 2. The molecule has 2 aromatic carbocycles. The number of rotatable bonds is 4. The van der Waals surface area contributed by atoms with Crippen molar-refractivity contribution in [2.75, 3.05) is 17.2 Å². The standard InChI is InChI=1S/C16H14ClN3OS/c1-10-2-5-12(6-3-10)19-15(21)9-18-16-20-13-8-11(17)4-7-14(13)22-16/h2-8H,9H2,1H3,(H,18,20)(H,19,21). The molecule has 0 bridgehead atoms. The molecule has 0 spiro atoms. The normalized spacial score (nSPS) is 10.6. The summed E-state index contributed by atoms with van der Waals surface area (Å²) in [4.78, 5) is 16.3. The minimum atomic E-state index is -0.110. The van der Waals surface area contributed by atoms with E-state index in [2.05, 4.69) is 15.6 Å². The number of thiazole rings is 1. The second-order valence-corrected chi connectivity index (χ2v) is 6.37. The molecular weight excluding hydrogens is 318 g/mol. The van der Waals surface area contributed by atoms with Crippen molar-refractivity contribution >= 4 is 49.9 Å². The highest BCUT2D eigenvalue weighted by molar-refractivity contribution is 7.22. The summed E-state index contributed by atoms with van der Waals surface area (Å²) in [5.74, 6) is -0.110. The fourth-order valence-corrected chi connectivity index (χ4v) is 2.98. The highest BCUT2D eigenvalue weighted by Crippen LogP contribution is 2.27. The molecule has 1 heterocycles. The fourth-order valence-electron chi connectivity index (χ4n) is 1.97. The van der Waals surface area contributed by atoms with Crippen LogP contribution < -0.4 is 10.6 Å².